The average Bonchev–Trinajstić information content (AvgIpc) is 2.62. The molecule has 1 aromatic rings. The number of nitrogens with one attached hydrogen (secondary N) is 1. The largest absolute Gasteiger partial charge is 0.272 e. The topological polar surface area (TPSA) is 34.1 Å². The maximum absolute atomic E-state index is 12.8. The Morgan fingerprint density at radius 2 is 2.46 bits per heavy atom. The lowest BCUT2D eigenvalue weighted by atomic mass is 10.1. The third-order valence-corrected chi connectivity index (χ3v) is 1.88. The van der Waals surface area contributed by atoms with Crippen molar-refractivity contribution in [2.45, 2.75) is 6.92 Å². The molecule has 13 heavy (non-hydrogen) atoms. The summed E-state index contributed by atoms with van der Waals surface area (Å²) < 4.78 is 12.8. The first kappa shape index (κ1) is 8.19. The second-order valence-electron chi connectivity index (χ2n) is 2.86. The molecule has 0 amide bonds. The summed E-state index contributed by atoms with van der Waals surface area (Å²) >= 11 is 0. The molecule has 2 rings (SSSR count). The fourth-order valence-corrected chi connectivity index (χ4v) is 1.17. The van der Waals surface area contributed by atoms with Crippen LogP contribution in [0.4, 0.5) is 4.39 Å². The molecule has 0 saturated carbocycles. The Morgan fingerprint density at radius 1 is 1.62 bits per heavy atom. The maximum Gasteiger partial charge on any atom is 0.215 e. The fraction of sp³-hybridized carbons (Fsp3) is 0.222. The van der Waals surface area contributed by atoms with Gasteiger partial charge in [0.15, 0.2) is 0 Å². The quantitative estimate of drug-likeness (QED) is 0.663. The number of hydrogen-bond donors (Lipinski definition) is 1. The second kappa shape index (κ2) is 3.14. The third-order valence-electron chi connectivity index (χ3n) is 1.88. The highest BCUT2D eigenvalue weighted by molar-refractivity contribution is 5.63. The number of pyridine rings is 1. The van der Waals surface area contributed by atoms with Crippen LogP contribution in [0.15, 0.2) is 18.3 Å². The monoisotopic (exact) mass is 180 g/mol. The van der Waals surface area contributed by atoms with Gasteiger partial charge in [-0.25, -0.2) is 4.98 Å². The predicted molar refractivity (Wildman–Crippen MR) is 46.0 cm³/mol. The lowest BCUT2D eigenvalue weighted by molar-refractivity contribution is 0.121. The molecule has 68 valence electrons. The summed E-state index contributed by atoms with van der Waals surface area (Å²) in [5.74, 6) is -0.428. The molecule has 0 aromatic carbocycles. The Kier molecular flexibility index (Phi) is 1.98. The van der Waals surface area contributed by atoms with Gasteiger partial charge < -0.3 is 0 Å². The van der Waals surface area contributed by atoms with Crippen molar-refractivity contribution in [1.82, 2.24) is 10.5 Å². The van der Waals surface area contributed by atoms with Gasteiger partial charge in [-0.1, -0.05) is 0 Å². The van der Waals surface area contributed by atoms with Gasteiger partial charge in [-0.05, 0) is 19.1 Å². The van der Waals surface area contributed by atoms with E-state index in [9.17, 15) is 4.39 Å². The highest BCUT2D eigenvalue weighted by atomic mass is 19.1. The molecular formula is C9H9FN2O. The minimum absolute atomic E-state index is 0.428. The molecule has 1 aliphatic heterocycles. The van der Waals surface area contributed by atoms with Crippen molar-refractivity contribution < 1.29 is 9.23 Å². The SMILES string of the molecule is Cc1cc(C2=CCON2)cnc1F. The van der Waals surface area contributed by atoms with Gasteiger partial charge in [0.2, 0.25) is 5.95 Å². The van der Waals surface area contributed by atoms with Gasteiger partial charge in [0.25, 0.3) is 0 Å². The molecule has 2 heterocycles. The molecule has 0 fully saturated rings. The summed E-state index contributed by atoms with van der Waals surface area (Å²) in [5.41, 5.74) is 4.94. The van der Waals surface area contributed by atoms with Crippen molar-refractivity contribution in [2.75, 3.05) is 6.61 Å². The molecule has 0 saturated heterocycles. The molecule has 0 bridgehead atoms. The summed E-state index contributed by atoms with van der Waals surface area (Å²) in [6.07, 6.45) is 3.37. The molecule has 0 atom stereocenters. The molecule has 0 aliphatic carbocycles. The molecule has 0 radical (unpaired) electrons. The zero-order valence-corrected chi connectivity index (χ0v) is 7.17. The number of nitrogens with zero attached hydrogens (tertiary/aromatic N) is 1. The lowest BCUT2D eigenvalue weighted by Crippen LogP contribution is -2.05. The molecular weight excluding hydrogens is 171 g/mol. The number of aromatic nitrogens is 1. The Morgan fingerprint density at radius 3 is 3.08 bits per heavy atom. The van der Waals surface area contributed by atoms with Crippen LogP contribution in [0.1, 0.15) is 11.1 Å². The van der Waals surface area contributed by atoms with Crippen molar-refractivity contribution in [1.29, 1.82) is 0 Å². The second-order valence-corrected chi connectivity index (χ2v) is 2.86. The molecule has 1 N–H and O–H groups in total. The zero-order chi connectivity index (χ0) is 9.26. The van der Waals surface area contributed by atoms with Crippen LogP contribution in [0, 0.1) is 12.9 Å². The Bertz CT molecular complexity index is 363. The molecule has 0 unspecified atom stereocenters. The van der Waals surface area contributed by atoms with Gasteiger partial charge in [-0.15, -0.1) is 0 Å². The van der Waals surface area contributed by atoms with E-state index in [0.717, 1.165) is 11.3 Å². The van der Waals surface area contributed by atoms with Crippen molar-refractivity contribution in [3.05, 3.63) is 35.4 Å². The third kappa shape index (κ3) is 1.53. The Hall–Kier alpha value is -1.42. The molecule has 3 nitrogen and oxygen atoms in total. The highest BCUT2D eigenvalue weighted by Crippen LogP contribution is 2.15. The van der Waals surface area contributed by atoms with Crippen LogP contribution in [0.3, 0.4) is 0 Å². The van der Waals surface area contributed by atoms with Gasteiger partial charge in [0, 0.05) is 17.3 Å². The highest BCUT2D eigenvalue weighted by Gasteiger charge is 2.08. The van der Waals surface area contributed by atoms with Gasteiger partial charge in [-0.2, -0.15) is 4.39 Å². The minimum atomic E-state index is -0.428. The van der Waals surface area contributed by atoms with Crippen LogP contribution >= 0.6 is 0 Å². The van der Waals surface area contributed by atoms with E-state index in [1.54, 1.807) is 13.0 Å². The van der Waals surface area contributed by atoms with Gasteiger partial charge in [0.1, 0.15) is 0 Å². The first-order chi connectivity index (χ1) is 6.27. The normalized spacial score (nSPS) is 15.4. The van der Waals surface area contributed by atoms with Crippen LogP contribution < -0.4 is 5.48 Å². The van der Waals surface area contributed by atoms with Crippen LogP contribution in [0.25, 0.3) is 5.70 Å². The van der Waals surface area contributed by atoms with Gasteiger partial charge >= 0.3 is 0 Å². The summed E-state index contributed by atoms with van der Waals surface area (Å²) in [6.45, 7) is 2.22. The zero-order valence-electron chi connectivity index (χ0n) is 7.17. The number of hydroxylamine groups is 1. The molecule has 1 aromatic heterocycles. The van der Waals surface area contributed by atoms with E-state index in [0.29, 0.717) is 12.2 Å². The minimum Gasteiger partial charge on any atom is -0.272 e. The summed E-state index contributed by atoms with van der Waals surface area (Å²) in [4.78, 5) is 8.54. The maximum atomic E-state index is 12.8. The van der Waals surface area contributed by atoms with E-state index < -0.39 is 5.95 Å². The van der Waals surface area contributed by atoms with Crippen molar-refractivity contribution in [3.8, 4) is 0 Å². The first-order valence-electron chi connectivity index (χ1n) is 3.98. The van der Waals surface area contributed by atoms with E-state index in [1.165, 1.54) is 6.20 Å². The number of hydrogen-bond acceptors (Lipinski definition) is 3. The lowest BCUT2D eigenvalue weighted by Gasteiger charge is -2.03. The van der Waals surface area contributed by atoms with Crippen molar-refractivity contribution >= 4 is 5.70 Å². The Labute approximate surface area is 75.2 Å². The smallest absolute Gasteiger partial charge is 0.215 e. The number of aryl methyl sites for hydroxylation is 1. The molecule has 1 aliphatic rings. The van der Waals surface area contributed by atoms with E-state index >= 15 is 0 Å². The van der Waals surface area contributed by atoms with Crippen molar-refractivity contribution in [3.63, 3.8) is 0 Å². The average molecular weight is 180 g/mol. The van der Waals surface area contributed by atoms with Crippen molar-refractivity contribution in [2.24, 2.45) is 0 Å². The van der Waals surface area contributed by atoms with E-state index in [-0.39, 0.29) is 0 Å². The standard InChI is InChI=1S/C9H9FN2O/c1-6-4-7(5-11-9(6)10)8-2-3-13-12-8/h2,4-5,12H,3H2,1H3. The predicted octanol–water partition coefficient (Wildman–Crippen LogP) is 1.40. The van der Waals surface area contributed by atoms with Gasteiger partial charge in [-0.3, -0.25) is 10.3 Å². The number of halogens is 1. The summed E-state index contributed by atoms with van der Waals surface area (Å²) in [7, 11) is 0. The Balaban J connectivity index is 2.36. The van der Waals surface area contributed by atoms with Crippen LogP contribution in [-0.4, -0.2) is 11.6 Å². The first-order valence-corrected chi connectivity index (χ1v) is 3.98. The summed E-state index contributed by atoms with van der Waals surface area (Å²) in [6, 6.07) is 1.73. The van der Waals surface area contributed by atoms with Crippen LogP contribution in [-0.2, 0) is 4.84 Å². The van der Waals surface area contributed by atoms with Crippen LogP contribution in [0.2, 0.25) is 0 Å². The van der Waals surface area contributed by atoms with E-state index in [4.69, 9.17) is 4.84 Å². The number of rotatable bonds is 1. The molecule has 4 heteroatoms. The molecule has 0 spiro atoms. The van der Waals surface area contributed by atoms with Crippen LogP contribution in [0.5, 0.6) is 0 Å². The summed E-state index contributed by atoms with van der Waals surface area (Å²) in [5, 5.41) is 0. The fourth-order valence-electron chi connectivity index (χ4n) is 1.17. The van der Waals surface area contributed by atoms with E-state index in [2.05, 4.69) is 10.5 Å². The van der Waals surface area contributed by atoms with E-state index in [1.807, 2.05) is 6.08 Å². The van der Waals surface area contributed by atoms with Gasteiger partial charge in [0.05, 0.1) is 12.3 Å².